The molecule has 0 N–H and O–H groups in total. The Kier molecular flexibility index (Phi) is 3.60. The molecule has 1 rings (SSSR count). The molecule has 0 amide bonds. The van der Waals surface area contributed by atoms with Crippen LogP contribution in [0.15, 0.2) is 0 Å². The Morgan fingerprint density at radius 3 is 2.46 bits per heavy atom. The van der Waals surface area contributed by atoms with Crippen LogP contribution in [0.3, 0.4) is 0 Å². The summed E-state index contributed by atoms with van der Waals surface area (Å²) in [6.07, 6.45) is 2.32. The molecule has 1 unspecified atom stereocenters. The summed E-state index contributed by atoms with van der Waals surface area (Å²) in [6, 6.07) is 0. The zero-order valence-corrected chi connectivity index (χ0v) is 9.61. The minimum atomic E-state index is -3.14. The molecule has 1 fully saturated rings. The highest BCUT2D eigenvalue weighted by Gasteiger charge is 2.30. The van der Waals surface area contributed by atoms with E-state index in [1.807, 2.05) is 0 Å². The van der Waals surface area contributed by atoms with Crippen LogP contribution in [-0.4, -0.2) is 37.4 Å². The van der Waals surface area contributed by atoms with Gasteiger partial charge in [0, 0.05) is 19.5 Å². The maximum absolute atomic E-state index is 11.7. The van der Waals surface area contributed by atoms with Crippen LogP contribution >= 0.6 is 11.6 Å². The van der Waals surface area contributed by atoms with Crippen molar-refractivity contribution in [1.82, 2.24) is 4.31 Å². The molecular weight excluding hydrogens is 210 g/mol. The highest BCUT2D eigenvalue weighted by Crippen LogP contribution is 2.30. The topological polar surface area (TPSA) is 37.4 Å². The summed E-state index contributed by atoms with van der Waals surface area (Å²) < 4.78 is 24.8. The van der Waals surface area contributed by atoms with E-state index < -0.39 is 15.3 Å². The molecule has 13 heavy (non-hydrogen) atoms. The van der Waals surface area contributed by atoms with Gasteiger partial charge in [0.05, 0.1) is 5.25 Å². The maximum Gasteiger partial charge on any atom is 0.217 e. The molecule has 0 aromatic carbocycles. The van der Waals surface area contributed by atoms with Gasteiger partial charge in [-0.2, -0.15) is 0 Å². The fourth-order valence-electron chi connectivity index (χ4n) is 1.15. The quantitative estimate of drug-likeness (QED) is 0.662. The second kappa shape index (κ2) is 4.15. The molecular formula is C8H16ClNO2S. The average molecular weight is 226 g/mol. The van der Waals surface area contributed by atoms with E-state index in [4.69, 9.17) is 11.6 Å². The summed E-state index contributed by atoms with van der Waals surface area (Å²) in [6.45, 7) is 2.30. The van der Waals surface area contributed by atoms with Crippen LogP contribution < -0.4 is 0 Å². The first kappa shape index (κ1) is 11.3. The first-order chi connectivity index (χ1) is 5.98. The van der Waals surface area contributed by atoms with Crippen molar-refractivity contribution in [3.05, 3.63) is 0 Å². The molecule has 78 valence electrons. The Bertz CT molecular complexity index is 261. The highest BCUT2D eigenvalue weighted by molar-refractivity contribution is 7.89. The van der Waals surface area contributed by atoms with Crippen molar-refractivity contribution in [3.63, 3.8) is 0 Å². The fraction of sp³-hybridized carbons (Fsp3) is 1.00. The van der Waals surface area contributed by atoms with Crippen LogP contribution in [0.25, 0.3) is 0 Å². The summed E-state index contributed by atoms with van der Waals surface area (Å²) >= 11 is 5.53. The van der Waals surface area contributed by atoms with E-state index >= 15 is 0 Å². The number of halogens is 1. The van der Waals surface area contributed by atoms with Crippen molar-refractivity contribution in [1.29, 1.82) is 0 Å². The SMILES string of the molecule is CC(CCl)S(=O)(=O)N(C)CC1CC1. The Morgan fingerprint density at radius 1 is 1.54 bits per heavy atom. The van der Waals surface area contributed by atoms with E-state index in [-0.39, 0.29) is 5.88 Å². The Balaban J connectivity index is 2.55. The standard InChI is InChI=1S/C8H16ClNO2S/c1-7(5-9)13(11,12)10(2)6-8-3-4-8/h7-8H,3-6H2,1-2H3. The van der Waals surface area contributed by atoms with Crippen LogP contribution in [0, 0.1) is 5.92 Å². The third-order valence-corrected chi connectivity index (χ3v) is 5.22. The first-order valence-electron chi connectivity index (χ1n) is 4.49. The van der Waals surface area contributed by atoms with Gasteiger partial charge in [-0.05, 0) is 25.7 Å². The summed E-state index contributed by atoms with van der Waals surface area (Å²) in [4.78, 5) is 0. The molecule has 0 aliphatic heterocycles. The molecule has 0 heterocycles. The van der Waals surface area contributed by atoms with Crippen molar-refractivity contribution in [2.75, 3.05) is 19.5 Å². The molecule has 0 radical (unpaired) electrons. The molecule has 1 atom stereocenters. The molecule has 1 aliphatic carbocycles. The smallest absolute Gasteiger partial charge is 0.212 e. The highest BCUT2D eigenvalue weighted by atomic mass is 35.5. The summed E-state index contributed by atoms with van der Waals surface area (Å²) in [5.74, 6) is 0.749. The number of sulfonamides is 1. The average Bonchev–Trinajstić information content (AvgIpc) is 2.86. The van der Waals surface area contributed by atoms with Gasteiger partial charge in [0.1, 0.15) is 0 Å². The lowest BCUT2D eigenvalue weighted by Crippen LogP contribution is -2.36. The third-order valence-electron chi connectivity index (χ3n) is 2.37. The molecule has 1 saturated carbocycles. The summed E-state index contributed by atoms with van der Waals surface area (Å²) in [5, 5.41) is -0.474. The van der Waals surface area contributed by atoms with Gasteiger partial charge in [0.15, 0.2) is 0 Å². The zero-order valence-electron chi connectivity index (χ0n) is 8.03. The number of nitrogens with zero attached hydrogens (tertiary/aromatic N) is 1. The summed E-state index contributed by atoms with van der Waals surface area (Å²) in [7, 11) is -1.51. The molecule has 0 spiro atoms. The van der Waals surface area contributed by atoms with E-state index in [0.29, 0.717) is 12.5 Å². The number of alkyl halides is 1. The Labute approximate surface area is 85.1 Å². The van der Waals surface area contributed by atoms with Crippen molar-refractivity contribution in [2.24, 2.45) is 5.92 Å². The van der Waals surface area contributed by atoms with E-state index in [0.717, 1.165) is 12.8 Å². The zero-order chi connectivity index (χ0) is 10.1. The van der Waals surface area contributed by atoms with Gasteiger partial charge in [0.2, 0.25) is 10.0 Å². The lowest BCUT2D eigenvalue weighted by atomic mass is 10.4. The van der Waals surface area contributed by atoms with E-state index in [2.05, 4.69) is 0 Å². The van der Waals surface area contributed by atoms with Crippen molar-refractivity contribution >= 4 is 21.6 Å². The Hall–Kier alpha value is 0.200. The second-order valence-electron chi connectivity index (χ2n) is 3.73. The first-order valence-corrected chi connectivity index (χ1v) is 6.53. The molecule has 5 heteroatoms. The van der Waals surface area contributed by atoms with Gasteiger partial charge in [-0.3, -0.25) is 0 Å². The van der Waals surface area contributed by atoms with E-state index in [1.54, 1.807) is 14.0 Å². The minimum Gasteiger partial charge on any atom is -0.212 e. The molecule has 0 aromatic rings. The maximum atomic E-state index is 11.7. The lowest BCUT2D eigenvalue weighted by Gasteiger charge is -2.20. The largest absolute Gasteiger partial charge is 0.217 e. The third kappa shape index (κ3) is 2.82. The van der Waals surface area contributed by atoms with Crippen molar-refractivity contribution in [2.45, 2.75) is 25.0 Å². The fourth-order valence-corrected chi connectivity index (χ4v) is 2.82. The Morgan fingerprint density at radius 2 is 2.08 bits per heavy atom. The van der Waals surface area contributed by atoms with Gasteiger partial charge in [-0.25, -0.2) is 12.7 Å². The van der Waals surface area contributed by atoms with Crippen LogP contribution in [0.5, 0.6) is 0 Å². The molecule has 0 aromatic heterocycles. The minimum absolute atomic E-state index is 0.164. The monoisotopic (exact) mass is 225 g/mol. The molecule has 3 nitrogen and oxygen atoms in total. The van der Waals surface area contributed by atoms with Gasteiger partial charge < -0.3 is 0 Å². The van der Waals surface area contributed by atoms with Crippen LogP contribution in [0.4, 0.5) is 0 Å². The van der Waals surface area contributed by atoms with Gasteiger partial charge in [-0.1, -0.05) is 0 Å². The van der Waals surface area contributed by atoms with E-state index in [1.165, 1.54) is 4.31 Å². The van der Waals surface area contributed by atoms with Crippen molar-refractivity contribution < 1.29 is 8.42 Å². The molecule has 0 bridgehead atoms. The molecule has 0 saturated heterocycles. The van der Waals surface area contributed by atoms with E-state index in [9.17, 15) is 8.42 Å². The van der Waals surface area contributed by atoms with Crippen LogP contribution in [0.1, 0.15) is 19.8 Å². The van der Waals surface area contributed by atoms with Gasteiger partial charge in [-0.15, -0.1) is 11.6 Å². The number of rotatable bonds is 5. The summed E-state index contributed by atoms with van der Waals surface area (Å²) in [5.41, 5.74) is 0. The van der Waals surface area contributed by atoms with Gasteiger partial charge in [0.25, 0.3) is 0 Å². The van der Waals surface area contributed by atoms with Crippen molar-refractivity contribution in [3.8, 4) is 0 Å². The van der Waals surface area contributed by atoms with Crippen LogP contribution in [0.2, 0.25) is 0 Å². The van der Waals surface area contributed by atoms with Crippen LogP contribution in [-0.2, 0) is 10.0 Å². The lowest BCUT2D eigenvalue weighted by molar-refractivity contribution is 0.447. The number of hydrogen-bond acceptors (Lipinski definition) is 2. The molecule has 1 aliphatic rings. The second-order valence-corrected chi connectivity index (χ2v) is 6.50. The predicted octanol–water partition coefficient (Wildman–Crippen LogP) is 1.29. The number of hydrogen-bond donors (Lipinski definition) is 0. The normalized spacial score (nSPS) is 20.6. The van der Waals surface area contributed by atoms with Gasteiger partial charge >= 0.3 is 0 Å². The predicted molar refractivity (Wildman–Crippen MR) is 54.5 cm³/mol.